The predicted molar refractivity (Wildman–Crippen MR) is 102 cm³/mol. The number of para-hydroxylation sites is 1. The molecule has 0 unspecified atom stereocenters. The standard InChI is InChI=1S/C20H31N3O3/c1-5-22(14-16-9-7-8-10-18(16)26-6-2)19(24)13-17-20(25)21-11-12-23(17)15(3)4/h7-10,15,17H,5-6,11-14H2,1-4H3,(H,21,25)/t17-/m0/s1. The van der Waals surface area contributed by atoms with Crippen LogP contribution in [0.5, 0.6) is 5.75 Å². The van der Waals surface area contributed by atoms with E-state index in [9.17, 15) is 9.59 Å². The molecule has 26 heavy (non-hydrogen) atoms. The molecular weight excluding hydrogens is 330 g/mol. The number of rotatable bonds is 8. The third-order valence-corrected chi connectivity index (χ3v) is 4.77. The molecule has 1 atom stereocenters. The Bertz CT molecular complexity index is 618. The summed E-state index contributed by atoms with van der Waals surface area (Å²) in [5.41, 5.74) is 0.985. The van der Waals surface area contributed by atoms with Gasteiger partial charge in [-0.2, -0.15) is 0 Å². The normalized spacial score (nSPS) is 17.9. The van der Waals surface area contributed by atoms with E-state index in [0.717, 1.165) is 17.9 Å². The van der Waals surface area contributed by atoms with E-state index in [1.54, 1.807) is 4.90 Å². The first kappa shape index (κ1) is 20.2. The van der Waals surface area contributed by atoms with Gasteiger partial charge < -0.3 is 15.0 Å². The maximum Gasteiger partial charge on any atom is 0.237 e. The van der Waals surface area contributed by atoms with Gasteiger partial charge in [-0.15, -0.1) is 0 Å². The lowest BCUT2D eigenvalue weighted by Crippen LogP contribution is -2.58. The zero-order chi connectivity index (χ0) is 19.1. The molecule has 0 saturated carbocycles. The van der Waals surface area contributed by atoms with E-state index in [2.05, 4.69) is 24.1 Å². The van der Waals surface area contributed by atoms with Gasteiger partial charge in [-0.05, 0) is 33.8 Å². The minimum absolute atomic E-state index is 0.00787. The molecule has 2 amide bonds. The van der Waals surface area contributed by atoms with Gasteiger partial charge in [-0.25, -0.2) is 0 Å². The number of nitrogens with zero attached hydrogens (tertiary/aromatic N) is 2. The largest absolute Gasteiger partial charge is 0.494 e. The molecule has 1 aliphatic rings. The molecule has 1 aromatic carbocycles. The van der Waals surface area contributed by atoms with Crippen molar-refractivity contribution in [1.29, 1.82) is 0 Å². The molecule has 2 rings (SSSR count). The Morgan fingerprint density at radius 2 is 2.08 bits per heavy atom. The molecule has 0 radical (unpaired) electrons. The second-order valence-electron chi connectivity index (χ2n) is 6.79. The van der Waals surface area contributed by atoms with Crippen LogP contribution in [0.15, 0.2) is 24.3 Å². The van der Waals surface area contributed by atoms with Crippen molar-refractivity contribution >= 4 is 11.8 Å². The van der Waals surface area contributed by atoms with Gasteiger partial charge >= 0.3 is 0 Å². The van der Waals surface area contributed by atoms with E-state index in [1.807, 2.05) is 38.1 Å². The van der Waals surface area contributed by atoms with Gasteiger partial charge in [0.15, 0.2) is 0 Å². The van der Waals surface area contributed by atoms with E-state index < -0.39 is 6.04 Å². The molecule has 6 nitrogen and oxygen atoms in total. The van der Waals surface area contributed by atoms with Crippen LogP contribution in [0.4, 0.5) is 0 Å². The smallest absolute Gasteiger partial charge is 0.237 e. The third kappa shape index (κ3) is 4.97. The lowest BCUT2D eigenvalue weighted by molar-refractivity contribution is -0.139. The predicted octanol–water partition coefficient (Wildman–Crippen LogP) is 2.03. The first-order valence-corrected chi connectivity index (χ1v) is 9.49. The van der Waals surface area contributed by atoms with Crippen molar-refractivity contribution in [3.05, 3.63) is 29.8 Å². The van der Waals surface area contributed by atoms with Crippen LogP contribution in [0.25, 0.3) is 0 Å². The van der Waals surface area contributed by atoms with Crippen molar-refractivity contribution < 1.29 is 14.3 Å². The summed E-state index contributed by atoms with van der Waals surface area (Å²) in [7, 11) is 0. The lowest BCUT2D eigenvalue weighted by atomic mass is 10.1. The number of carbonyl (C=O) groups excluding carboxylic acids is 2. The van der Waals surface area contributed by atoms with E-state index in [0.29, 0.717) is 26.2 Å². The molecule has 144 valence electrons. The zero-order valence-corrected chi connectivity index (χ0v) is 16.3. The average Bonchev–Trinajstić information content (AvgIpc) is 2.62. The number of piperazine rings is 1. The highest BCUT2D eigenvalue weighted by Gasteiger charge is 2.34. The first-order valence-electron chi connectivity index (χ1n) is 9.49. The molecule has 1 saturated heterocycles. The zero-order valence-electron chi connectivity index (χ0n) is 16.3. The fourth-order valence-corrected chi connectivity index (χ4v) is 3.37. The molecule has 1 heterocycles. The number of hydrogen-bond donors (Lipinski definition) is 1. The van der Waals surface area contributed by atoms with Crippen molar-refractivity contribution in [2.24, 2.45) is 0 Å². The molecule has 0 bridgehead atoms. The Morgan fingerprint density at radius 1 is 1.35 bits per heavy atom. The number of carbonyl (C=O) groups is 2. The van der Waals surface area contributed by atoms with Crippen LogP contribution >= 0.6 is 0 Å². The van der Waals surface area contributed by atoms with Gasteiger partial charge in [0.1, 0.15) is 5.75 Å². The minimum Gasteiger partial charge on any atom is -0.494 e. The monoisotopic (exact) mass is 361 g/mol. The summed E-state index contributed by atoms with van der Waals surface area (Å²) in [4.78, 5) is 29.1. The number of nitrogens with one attached hydrogen (secondary N) is 1. The average molecular weight is 361 g/mol. The Labute approximate surface area is 156 Å². The molecule has 1 N–H and O–H groups in total. The van der Waals surface area contributed by atoms with Crippen molar-refractivity contribution in [2.45, 2.75) is 52.7 Å². The maximum absolute atomic E-state index is 12.9. The SMILES string of the molecule is CCOc1ccccc1CN(CC)C(=O)C[C@H]1C(=O)NCCN1C(C)C. The number of benzene rings is 1. The summed E-state index contributed by atoms with van der Waals surface area (Å²) in [5.74, 6) is 0.746. The van der Waals surface area contributed by atoms with Gasteiger partial charge in [-0.1, -0.05) is 18.2 Å². The van der Waals surface area contributed by atoms with Gasteiger partial charge in [0, 0.05) is 37.8 Å². The maximum atomic E-state index is 12.9. The highest BCUT2D eigenvalue weighted by atomic mass is 16.5. The molecule has 0 aromatic heterocycles. The fourth-order valence-electron chi connectivity index (χ4n) is 3.37. The van der Waals surface area contributed by atoms with Crippen LogP contribution < -0.4 is 10.1 Å². The van der Waals surface area contributed by atoms with Gasteiger partial charge in [0.2, 0.25) is 11.8 Å². The first-order chi connectivity index (χ1) is 12.5. The van der Waals surface area contributed by atoms with E-state index in [1.165, 1.54) is 0 Å². The number of amides is 2. The summed E-state index contributed by atoms with van der Waals surface area (Å²) >= 11 is 0. The molecule has 0 spiro atoms. The summed E-state index contributed by atoms with van der Waals surface area (Å²) in [6.07, 6.45) is 0.203. The van der Waals surface area contributed by atoms with Crippen LogP contribution in [0.2, 0.25) is 0 Å². The summed E-state index contributed by atoms with van der Waals surface area (Å²) in [6.45, 7) is 11.1. The highest BCUT2D eigenvalue weighted by Crippen LogP contribution is 2.21. The second-order valence-corrected chi connectivity index (χ2v) is 6.79. The Morgan fingerprint density at radius 3 is 2.73 bits per heavy atom. The quantitative estimate of drug-likeness (QED) is 0.770. The summed E-state index contributed by atoms with van der Waals surface area (Å²) in [5, 5.41) is 2.88. The van der Waals surface area contributed by atoms with Crippen molar-refractivity contribution in [3.8, 4) is 5.75 Å². The van der Waals surface area contributed by atoms with Crippen LogP contribution in [-0.2, 0) is 16.1 Å². The Kier molecular flexibility index (Phi) is 7.45. The van der Waals surface area contributed by atoms with E-state index in [-0.39, 0.29) is 24.3 Å². The Balaban J connectivity index is 2.09. The fraction of sp³-hybridized carbons (Fsp3) is 0.600. The number of ether oxygens (including phenoxy) is 1. The molecule has 1 aromatic rings. The summed E-state index contributed by atoms with van der Waals surface area (Å²) < 4.78 is 5.67. The minimum atomic E-state index is -0.396. The molecular formula is C20H31N3O3. The van der Waals surface area contributed by atoms with Gasteiger partial charge in [-0.3, -0.25) is 14.5 Å². The van der Waals surface area contributed by atoms with Crippen LogP contribution in [-0.4, -0.2) is 59.9 Å². The second kappa shape index (κ2) is 9.57. The van der Waals surface area contributed by atoms with Crippen molar-refractivity contribution in [2.75, 3.05) is 26.2 Å². The topological polar surface area (TPSA) is 61.9 Å². The van der Waals surface area contributed by atoms with Gasteiger partial charge in [0.05, 0.1) is 19.1 Å². The Hall–Kier alpha value is -2.08. The molecule has 0 aliphatic carbocycles. The van der Waals surface area contributed by atoms with Crippen LogP contribution in [0.3, 0.4) is 0 Å². The molecule has 1 aliphatic heterocycles. The molecule has 1 fully saturated rings. The lowest BCUT2D eigenvalue weighted by Gasteiger charge is -2.38. The third-order valence-electron chi connectivity index (χ3n) is 4.77. The number of hydrogen-bond acceptors (Lipinski definition) is 4. The van der Waals surface area contributed by atoms with E-state index in [4.69, 9.17) is 4.74 Å². The summed E-state index contributed by atoms with van der Waals surface area (Å²) in [6, 6.07) is 7.62. The van der Waals surface area contributed by atoms with Crippen LogP contribution in [0, 0.1) is 0 Å². The van der Waals surface area contributed by atoms with E-state index >= 15 is 0 Å². The van der Waals surface area contributed by atoms with Crippen molar-refractivity contribution in [3.63, 3.8) is 0 Å². The van der Waals surface area contributed by atoms with Crippen molar-refractivity contribution in [1.82, 2.24) is 15.1 Å². The van der Waals surface area contributed by atoms with Gasteiger partial charge in [0.25, 0.3) is 0 Å². The molecule has 6 heteroatoms. The van der Waals surface area contributed by atoms with Crippen LogP contribution in [0.1, 0.15) is 39.7 Å². The highest BCUT2D eigenvalue weighted by molar-refractivity contribution is 5.88.